The molecule has 0 bridgehead atoms. The van der Waals surface area contributed by atoms with Crippen molar-refractivity contribution in [3.8, 4) is 0 Å². The Balaban J connectivity index is 2.22. The molecule has 0 fully saturated rings. The predicted octanol–water partition coefficient (Wildman–Crippen LogP) is 0.679. The fraction of sp³-hybridized carbons (Fsp3) is 0.400. The maximum absolute atomic E-state index is 4.11. The molecule has 48 valence electrons. The van der Waals surface area contributed by atoms with Gasteiger partial charge in [0, 0.05) is 13.2 Å². The van der Waals surface area contributed by atoms with Crippen molar-refractivity contribution in [2.75, 3.05) is 7.05 Å². The molecule has 2 heterocycles. The van der Waals surface area contributed by atoms with Crippen LogP contribution in [-0.2, 0) is 0 Å². The molecule has 0 aromatic heterocycles. The second kappa shape index (κ2) is 1.67. The summed E-state index contributed by atoms with van der Waals surface area (Å²) in [5.41, 5.74) is 0.394. The third-order valence-electron chi connectivity index (χ3n) is 1.36. The molecule has 2 aliphatic heterocycles. The molecule has 0 aliphatic carbocycles. The van der Waals surface area contributed by atoms with E-state index >= 15 is 0 Å². The van der Waals surface area contributed by atoms with Gasteiger partial charge in [-0.05, 0) is 5.41 Å². The van der Waals surface area contributed by atoms with E-state index in [2.05, 4.69) is 15.4 Å². The number of nitrogens with zero attached hydrogens (tertiary/aromatic N) is 3. The number of fused-ring (bicyclic) bond motifs is 1. The van der Waals surface area contributed by atoms with Crippen LogP contribution in [0.15, 0.2) is 16.7 Å². The van der Waals surface area contributed by atoms with Gasteiger partial charge in [0.1, 0.15) is 6.34 Å². The Hall–Kier alpha value is -0.640. The van der Waals surface area contributed by atoms with E-state index in [1.807, 2.05) is 24.6 Å². The molecular weight excluding hydrogens is 134 g/mol. The van der Waals surface area contributed by atoms with E-state index in [1.165, 1.54) is 0 Å². The van der Waals surface area contributed by atoms with Crippen molar-refractivity contribution in [3.05, 3.63) is 11.6 Å². The number of thioether (sulfide) groups is 1. The van der Waals surface area contributed by atoms with Crippen LogP contribution in [0.3, 0.4) is 0 Å². The van der Waals surface area contributed by atoms with Crippen LogP contribution >= 0.6 is 11.8 Å². The predicted molar refractivity (Wildman–Crippen MR) is 38.6 cm³/mol. The van der Waals surface area contributed by atoms with Gasteiger partial charge < -0.3 is 4.90 Å². The van der Waals surface area contributed by atoms with Gasteiger partial charge in [0.25, 0.3) is 0 Å². The van der Waals surface area contributed by atoms with Crippen molar-refractivity contribution in [1.82, 2.24) is 9.91 Å². The van der Waals surface area contributed by atoms with Gasteiger partial charge >= 0.3 is 0 Å². The maximum atomic E-state index is 4.11. The monoisotopic (exact) mass is 141 g/mol. The highest BCUT2D eigenvalue weighted by molar-refractivity contribution is 8.02. The van der Waals surface area contributed by atoms with Crippen molar-refractivity contribution >= 4 is 18.1 Å². The zero-order chi connectivity index (χ0) is 6.27. The highest BCUT2D eigenvalue weighted by Crippen LogP contribution is 2.29. The van der Waals surface area contributed by atoms with Crippen LogP contribution in [0.5, 0.6) is 0 Å². The Labute approximate surface area is 58.0 Å². The minimum Gasteiger partial charge on any atom is -0.333 e. The number of rotatable bonds is 0. The highest BCUT2D eigenvalue weighted by atomic mass is 32.2. The van der Waals surface area contributed by atoms with Crippen molar-refractivity contribution < 1.29 is 0 Å². The highest BCUT2D eigenvalue weighted by Gasteiger charge is 2.26. The first kappa shape index (κ1) is 5.17. The molecule has 0 saturated carbocycles. The average molecular weight is 141 g/mol. The Bertz CT molecular complexity index is 177. The molecule has 2 aliphatic rings. The zero-order valence-corrected chi connectivity index (χ0v) is 5.88. The van der Waals surface area contributed by atoms with Crippen LogP contribution in [0.1, 0.15) is 0 Å². The van der Waals surface area contributed by atoms with Crippen LogP contribution in [0.2, 0.25) is 0 Å². The molecule has 2 rings (SSSR count). The molecule has 4 heteroatoms. The first-order valence-corrected chi connectivity index (χ1v) is 3.69. The molecule has 0 aromatic rings. The summed E-state index contributed by atoms with van der Waals surface area (Å²) in [5, 5.41) is 8.09. The summed E-state index contributed by atoms with van der Waals surface area (Å²) in [5.74, 6) is 0. The SMILES string of the molecule is CN1C=NN2C=CSC12. The van der Waals surface area contributed by atoms with E-state index in [1.54, 1.807) is 11.8 Å². The molecule has 0 amide bonds. The largest absolute Gasteiger partial charge is 0.333 e. The van der Waals surface area contributed by atoms with Gasteiger partial charge in [-0.25, -0.2) is 5.01 Å². The second-order valence-corrected chi connectivity index (χ2v) is 2.99. The summed E-state index contributed by atoms with van der Waals surface area (Å²) in [6.45, 7) is 0. The number of hydrazone groups is 1. The Kier molecular flexibility index (Phi) is 0.958. The average Bonchev–Trinajstić information content (AvgIpc) is 2.35. The van der Waals surface area contributed by atoms with E-state index in [9.17, 15) is 0 Å². The lowest BCUT2D eigenvalue weighted by atomic mass is 10.8. The lowest BCUT2D eigenvalue weighted by Crippen LogP contribution is -2.28. The van der Waals surface area contributed by atoms with Gasteiger partial charge in [-0.1, -0.05) is 11.8 Å². The van der Waals surface area contributed by atoms with E-state index in [-0.39, 0.29) is 0 Å². The van der Waals surface area contributed by atoms with Gasteiger partial charge in [0.05, 0.1) is 0 Å². The van der Waals surface area contributed by atoms with E-state index in [0.717, 1.165) is 0 Å². The Morgan fingerprint density at radius 2 is 2.56 bits per heavy atom. The lowest BCUT2D eigenvalue weighted by molar-refractivity contribution is 0.307. The normalized spacial score (nSPS) is 30.1. The van der Waals surface area contributed by atoms with Crippen molar-refractivity contribution in [2.45, 2.75) is 5.50 Å². The molecule has 0 N–H and O–H groups in total. The molecule has 0 aromatic carbocycles. The smallest absolute Gasteiger partial charge is 0.175 e. The summed E-state index contributed by atoms with van der Waals surface area (Å²) in [7, 11) is 2.02. The summed E-state index contributed by atoms with van der Waals surface area (Å²) < 4.78 is 0. The molecule has 0 saturated heterocycles. The van der Waals surface area contributed by atoms with Crippen molar-refractivity contribution in [2.24, 2.45) is 5.10 Å². The van der Waals surface area contributed by atoms with Crippen molar-refractivity contribution in [3.63, 3.8) is 0 Å². The summed E-state index contributed by atoms with van der Waals surface area (Å²) in [4.78, 5) is 2.07. The Morgan fingerprint density at radius 1 is 1.67 bits per heavy atom. The van der Waals surface area contributed by atoms with Crippen LogP contribution in [0.25, 0.3) is 0 Å². The van der Waals surface area contributed by atoms with Crippen LogP contribution in [0.4, 0.5) is 0 Å². The summed E-state index contributed by atoms with van der Waals surface area (Å²) in [6, 6.07) is 0. The van der Waals surface area contributed by atoms with Crippen LogP contribution < -0.4 is 0 Å². The zero-order valence-electron chi connectivity index (χ0n) is 5.06. The maximum Gasteiger partial charge on any atom is 0.175 e. The molecular formula is C5H7N3S. The second-order valence-electron chi connectivity index (χ2n) is 2.02. The molecule has 1 atom stereocenters. The summed E-state index contributed by atoms with van der Waals surface area (Å²) >= 11 is 1.77. The lowest BCUT2D eigenvalue weighted by Gasteiger charge is -2.17. The first-order valence-electron chi connectivity index (χ1n) is 2.74. The fourth-order valence-corrected chi connectivity index (χ4v) is 1.71. The van der Waals surface area contributed by atoms with Crippen LogP contribution in [-0.4, -0.2) is 28.8 Å². The minimum atomic E-state index is 0.394. The fourth-order valence-electron chi connectivity index (χ4n) is 0.880. The Morgan fingerprint density at radius 3 is 3.33 bits per heavy atom. The third-order valence-corrected chi connectivity index (χ3v) is 2.43. The number of hydrogen-bond donors (Lipinski definition) is 0. The van der Waals surface area contributed by atoms with E-state index < -0.39 is 0 Å². The van der Waals surface area contributed by atoms with Crippen molar-refractivity contribution in [1.29, 1.82) is 0 Å². The molecule has 3 nitrogen and oxygen atoms in total. The van der Waals surface area contributed by atoms with Gasteiger partial charge in [-0.15, -0.1) is 0 Å². The first-order chi connectivity index (χ1) is 4.38. The van der Waals surface area contributed by atoms with E-state index in [0.29, 0.717) is 5.50 Å². The minimum absolute atomic E-state index is 0.394. The summed E-state index contributed by atoms with van der Waals surface area (Å²) in [6.07, 6.45) is 3.82. The van der Waals surface area contributed by atoms with Gasteiger partial charge in [-0.3, -0.25) is 0 Å². The van der Waals surface area contributed by atoms with Gasteiger partial charge in [0.2, 0.25) is 0 Å². The van der Waals surface area contributed by atoms with E-state index in [4.69, 9.17) is 0 Å². The van der Waals surface area contributed by atoms with Gasteiger partial charge in [-0.2, -0.15) is 5.10 Å². The third kappa shape index (κ3) is 0.627. The molecule has 1 unspecified atom stereocenters. The van der Waals surface area contributed by atoms with Gasteiger partial charge in [0.15, 0.2) is 5.50 Å². The van der Waals surface area contributed by atoms with Crippen LogP contribution in [0, 0.1) is 0 Å². The molecule has 9 heavy (non-hydrogen) atoms. The molecule has 0 radical (unpaired) electrons. The molecule has 0 spiro atoms. The number of hydrogen-bond acceptors (Lipinski definition) is 4. The standard InChI is InChI=1S/C5H7N3S/c1-7-4-6-8-2-3-9-5(7)8/h2-5H,1H3. The quantitative estimate of drug-likeness (QED) is 0.494. The topological polar surface area (TPSA) is 18.8 Å².